The molecule has 1 amide bonds. The number of carbonyl (C=O) groups excluding carboxylic acids is 1. The molecule has 0 atom stereocenters. The average Bonchev–Trinajstić information content (AvgIpc) is 2.68. The highest BCUT2D eigenvalue weighted by molar-refractivity contribution is 6.08. The Balaban J connectivity index is 1.94. The van der Waals surface area contributed by atoms with Crippen molar-refractivity contribution in [3.63, 3.8) is 0 Å². The van der Waals surface area contributed by atoms with Crippen molar-refractivity contribution in [1.82, 2.24) is 0 Å². The molecule has 0 bridgehead atoms. The fourth-order valence-electron chi connectivity index (χ4n) is 2.62. The monoisotopic (exact) mass is 401 g/mol. The Bertz CT molecular complexity index is 1050. The lowest BCUT2D eigenvalue weighted by Gasteiger charge is -2.14. The van der Waals surface area contributed by atoms with E-state index >= 15 is 0 Å². The first-order chi connectivity index (χ1) is 13.8. The van der Waals surface area contributed by atoms with E-state index in [0.717, 1.165) is 18.2 Å². The van der Waals surface area contributed by atoms with Crippen LogP contribution >= 0.6 is 0 Å². The van der Waals surface area contributed by atoms with E-state index in [0.29, 0.717) is 5.75 Å². The van der Waals surface area contributed by atoms with Gasteiger partial charge in [-0.25, -0.2) is 4.79 Å². The second-order valence-electron chi connectivity index (χ2n) is 5.93. The lowest BCUT2D eigenvalue weighted by molar-refractivity contribution is -0.137. The van der Waals surface area contributed by atoms with Gasteiger partial charge in [-0.3, -0.25) is 4.79 Å². The lowest BCUT2D eigenvalue weighted by atomic mass is 10.1. The molecule has 0 aliphatic rings. The first kappa shape index (κ1) is 19.9. The number of carboxylic acid groups (broad SMARTS) is 1. The van der Waals surface area contributed by atoms with Gasteiger partial charge in [-0.1, -0.05) is 30.3 Å². The van der Waals surface area contributed by atoms with Gasteiger partial charge in [-0.15, -0.1) is 0 Å². The van der Waals surface area contributed by atoms with Crippen LogP contribution in [0.1, 0.15) is 26.3 Å². The van der Waals surface area contributed by atoms with Gasteiger partial charge in [0.25, 0.3) is 5.91 Å². The van der Waals surface area contributed by atoms with Crippen molar-refractivity contribution in [2.75, 3.05) is 5.32 Å². The Morgan fingerprint density at radius 1 is 0.828 bits per heavy atom. The van der Waals surface area contributed by atoms with Gasteiger partial charge >= 0.3 is 12.1 Å². The van der Waals surface area contributed by atoms with E-state index in [1.54, 1.807) is 30.3 Å². The topological polar surface area (TPSA) is 75.6 Å². The van der Waals surface area contributed by atoms with Gasteiger partial charge in [-0.2, -0.15) is 13.2 Å². The highest BCUT2D eigenvalue weighted by Crippen LogP contribution is 2.33. The van der Waals surface area contributed by atoms with Crippen molar-refractivity contribution in [2.24, 2.45) is 0 Å². The zero-order valence-electron chi connectivity index (χ0n) is 14.7. The fourth-order valence-corrected chi connectivity index (χ4v) is 2.62. The summed E-state index contributed by atoms with van der Waals surface area (Å²) in [5, 5.41) is 11.6. The fraction of sp³-hybridized carbons (Fsp3) is 0.0476. The van der Waals surface area contributed by atoms with Gasteiger partial charge in [0.1, 0.15) is 11.5 Å². The van der Waals surface area contributed by atoms with Crippen LogP contribution in [-0.4, -0.2) is 17.0 Å². The van der Waals surface area contributed by atoms with Gasteiger partial charge in [0, 0.05) is 6.07 Å². The number of nitrogens with one attached hydrogen (secondary N) is 1. The zero-order valence-corrected chi connectivity index (χ0v) is 14.7. The molecule has 148 valence electrons. The largest absolute Gasteiger partial charge is 0.478 e. The third-order valence-electron chi connectivity index (χ3n) is 3.93. The minimum Gasteiger partial charge on any atom is -0.478 e. The van der Waals surface area contributed by atoms with E-state index in [4.69, 9.17) is 4.74 Å². The standard InChI is InChI=1S/C21H14F3NO4/c22-21(23,24)17-9-5-4-8-15(17)19(26)25-18-12-14(10-11-16(18)20(27)28)29-13-6-2-1-3-7-13/h1-12H,(H,25,26)(H,27,28). The summed E-state index contributed by atoms with van der Waals surface area (Å²) < 4.78 is 45.1. The van der Waals surface area contributed by atoms with Gasteiger partial charge in [0.15, 0.2) is 0 Å². The van der Waals surface area contributed by atoms with Crippen molar-refractivity contribution >= 4 is 17.6 Å². The number of halogens is 3. The maximum absolute atomic E-state index is 13.2. The molecule has 8 heteroatoms. The number of ether oxygens (including phenoxy) is 1. The summed E-state index contributed by atoms with van der Waals surface area (Å²) >= 11 is 0. The first-order valence-corrected chi connectivity index (χ1v) is 8.33. The van der Waals surface area contributed by atoms with Crippen LogP contribution in [0.15, 0.2) is 72.8 Å². The summed E-state index contributed by atoms with van der Waals surface area (Å²) in [5.74, 6) is -1.76. The molecule has 0 saturated carbocycles. The molecule has 0 saturated heterocycles. The number of carbonyl (C=O) groups is 2. The van der Waals surface area contributed by atoms with Crippen molar-refractivity contribution in [2.45, 2.75) is 6.18 Å². The number of hydrogen-bond donors (Lipinski definition) is 2. The molecule has 2 N–H and O–H groups in total. The summed E-state index contributed by atoms with van der Waals surface area (Å²) in [6, 6.07) is 16.7. The third-order valence-corrected chi connectivity index (χ3v) is 3.93. The predicted octanol–water partition coefficient (Wildman–Crippen LogP) is 5.45. The van der Waals surface area contributed by atoms with Crippen LogP contribution < -0.4 is 10.1 Å². The SMILES string of the molecule is O=C(O)c1ccc(Oc2ccccc2)cc1NC(=O)c1ccccc1C(F)(F)F. The second kappa shape index (κ2) is 8.05. The minimum absolute atomic E-state index is 0.187. The van der Waals surface area contributed by atoms with E-state index in [1.807, 2.05) is 0 Å². The number of rotatable bonds is 5. The molecule has 0 aliphatic carbocycles. The van der Waals surface area contributed by atoms with Gasteiger partial charge in [-0.05, 0) is 36.4 Å². The van der Waals surface area contributed by atoms with Crippen LogP contribution in [0.25, 0.3) is 0 Å². The molecule has 3 aromatic carbocycles. The summed E-state index contributed by atoms with van der Waals surface area (Å²) in [6.45, 7) is 0. The quantitative estimate of drug-likeness (QED) is 0.596. The molecule has 0 aliphatic heterocycles. The van der Waals surface area contributed by atoms with Crippen molar-refractivity contribution in [1.29, 1.82) is 0 Å². The molecule has 3 aromatic rings. The summed E-state index contributed by atoms with van der Waals surface area (Å²) in [7, 11) is 0. The number of carboxylic acids is 1. The minimum atomic E-state index is -4.73. The maximum Gasteiger partial charge on any atom is 0.417 e. The number of anilines is 1. The summed E-state index contributed by atoms with van der Waals surface area (Å²) in [4.78, 5) is 23.9. The number of para-hydroxylation sites is 1. The van der Waals surface area contributed by atoms with Crippen molar-refractivity contribution in [3.8, 4) is 11.5 Å². The Morgan fingerprint density at radius 3 is 2.14 bits per heavy atom. The molecule has 0 spiro atoms. The van der Waals surface area contributed by atoms with E-state index in [1.165, 1.54) is 24.3 Å². The van der Waals surface area contributed by atoms with Gasteiger partial charge < -0.3 is 15.2 Å². The number of aromatic carboxylic acids is 1. The van der Waals surface area contributed by atoms with Crippen LogP contribution in [0.5, 0.6) is 11.5 Å². The van der Waals surface area contributed by atoms with E-state index in [2.05, 4.69) is 5.32 Å². The van der Waals surface area contributed by atoms with Crippen molar-refractivity contribution in [3.05, 3.63) is 89.5 Å². The van der Waals surface area contributed by atoms with Crippen LogP contribution in [0, 0.1) is 0 Å². The molecule has 29 heavy (non-hydrogen) atoms. The molecule has 0 unspecified atom stereocenters. The molecule has 3 rings (SSSR count). The smallest absolute Gasteiger partial charge is 0.417 e. The zero-order chi connectivity index (χ0) is 21.0. The second-order valence-corrected chi connectivity index (χ2v) is 5.93. The highest BCUT2D eigenvalue weighted by atomic mass is 19.4. The number of hydrogen-bond acceptors (Lipinski definition) is 3. The van der Waals surface area contributed by atoms with Gasteiger partial charge in [0.2, 0.25) is 0 Å². The van der Waals surface area contributed by atoms with E-state index in [9.17, 15) is 27.9 Å². The highest BCUT2D eigenvalue weighted by Gasteiger charge is 2.35. The summed E-state index contributed by atoms with van der Waals surface area (Å²) in [5.41, 5.74) is -2.21. The summed E-state index contributed by atoms with van der Waals surface area (Å²) in [6.07, 6.45) is -4.73. The van der Waals surface area contributed by atoms with Crippen LogP contribution in [0.2, 0.25) is 0 Å². The predicted molar refractivity (Wildman–Crippen MR) is 99.3 cm³/mol. The van der Waals surface area contributed by atoms with Crippen LogP contribution in [-0.2, 0) is 6.18 Å². The Labute approximate surface area is 163 Å². The van der Waals surface area contributed by atoms with Crippen LogP contribution in [0.4, 0.5) is 18.9 Å². The Morgan fingerprint density at radius 2 is 1.48 bits per heavy atom. The molecular formula is C21H14F3NO4. The maximum atomic E-state index is 13.2. The number of benzene rings is 3. The number of amides is 1. The molecule has 0 heterocycles. The van der Waals surface area contributed by atoms with Gasteiger partial charge in [0.05, 0.1) is 22.4 Å². The average molecular weight is 401 g/mol. The molecule has 0 fully saturated rings. The number of alkyl halides is 3. The normalized spacial score (nSPS) is 11.0. The van der Waals surface area contributed by atoms with Crippen LogP contribution in [0.3, 0.4) is 0 Å². The molecule has 0 aromatic heterocycles. The first-order valence-electron chi connectivity index (χ1n) is 8.33. The van der Waals surface area contributed by atoms with E-state index < -0.39 is 29.2 Å². The lowest BCUT2D eigenvalue weighted by Crippen LogP contribution is -2.20. The Hall–Kier alpha value is -3.81. The molecule has 5 nitrogen and oxygen atoms in total. The van der Waals surface area contributed by atoms with E-state index in [-0.39, 0.29) is 17.0 Å². The molecule has 0 radical (unpaired) electrons. The Kier molecular flexibility index (Phi) is 5.54. The van der Waals surface area contributed by atoms with Crippen molar-refractivity contribution < 1.29 is 32.6 Å². The third kappa shape index (κ3) is 4.73. The molecular weight excluding hydrogens is 387 g/mol.